The molecule has 0 spiro atoms. The Morgan fingerprint density at radius 1 is 0.933 bits per heavy atom. The van der Waals surface area contributed by atoms with Gasteiger partial charge < -0.3 is 14.4 Å². The van der Waals surface area contributed by atoms with E-state index in [2.05, 4.69) is 16.0 Å². The van der Waals surface area contributed by atoms with Crippen molar-refractivity contribution in [2.24, 2.45) is 0 Å². The highest BCUT2D eigenvalue weighted by molar-refractivity contribution is 7.93. The number of para-hydroxylation sites is 1. The summed E-state index contributed by atoms with van der Waals surface area (Å²) in [7, 11) is -3.09. The Bertz CT molecular complexity index is 1900. The zero-order chi connectivity index (χ0) is 31.8. The molecule has 1 amide bonds. The monoisotopic (exact) mass is 623 g/mol. The maximum atomic E-state index is 15.3. The molecule has 230 valence electrons. The highest BCUT2D eigenvalue weighted by Crippen LogP contribution is 2.53. The van der Waals surface area contributed by atoms with Crippen molar-refractivity contribution in [1.82, 2.24) is 9.88 Å². The van der Waals surface area contributed by atoms with Crippen molar-refractivity contribution < 1.29 is 22.7 Å². The summed E-state index contributed by atoms with van der Waals surface area (Å²) in [6.07, 6.45) is 3.48. The average molecular weight is 624 g/mol. The number of sulfonamides is 1. The lowest BCUT2D eigenvalue weighted by molar-refractivity contribution is -0.127. The summed E-state index contributed by atoms with van der Waals surface area (Å²) in [5.41, 5.74) is 1.62. The largest absolute Gasteiger partial charge is 0.495 e. The Labute approximate surface area is 263 Å². The fraction of sp³-hybridized carbons (Fsp3) is 0.265. The van der Waals surface area contributed by atoms with Crippen LogP contribution in [0.5, 0.6) is 11.5 Å². The highest BCUT2D eigenvalue weighted by Gasteiger charge is 2.60. The fourth-order valence-corrected chi connectivity index (χ4v) is 8.01. The van der Waals surface area contributed by atoms with E-state index < -0.39 is 21.5 Å². The number of anilines is 2. The quantitative estimate of drug-likeness (QED) is 0.280. The number of nitrogens with zero attached hydrogens (tertiary/aromatic N) is 5. The summed E-state index contributed by atoms with van der Waals surface area (Å²) in [6, 6.07) is 22.8. The molecule has 45 heavy (non-hydrogen) atoms. The summed E-state index contributed by atoms with van der Waals surface area (Å²) >= 11 is 0. The Morgan fingerprint density at radius 2 is 1.67 bits per heavy atom. The number of aromatic nitrogens is 1. The van der Waals surface area contributed by atoms with E-state index in [0.29, 0.717) is 55.2 Å². The predicted octanol–water partition coefficient (Wildman–Crippen LogP) is 4.47. The van der Waals surface area contributed by atoms with Gasteiger partial charge in [-0.3, -0.25) is 14.7 Å². The maximum Gasteiger partial charge on any atom is 0.274 e. The second kappa shape index (κ2) is 11.9. The third-order valence-electron chi connectivity index (χ3n) is 8.42. The molecule has 2 aliphatic heterocycles. The number of pyridine rings is 1. The van der Waals surface area contributed by atoms with Gasteiger partial charge in [-0.1, -0.05) is 24.3 Å². The number of methoxy groups -OCH3 is 1. The van der Waals surface area contributed by atoms with Crippen LogP contribution in [-0.4, -0.2) is 64.1 Å². The van der Waals surface area contributed by atoms with Crippen LogP contribution in [0.4, 0.5) is 11.4 Å². The highest BCUT2D eigenvalue weighted by atomic mass is 32.2. The molecule has 11 heteroatoms. The third-order valence-corrected chi connectivity index (χ3v) is 10.2. The summed E-state index contributed by atoms with van der Waals surface area (Å²) in [4.78, 5) is 23.5. The molecule has 10 nitrogen and oxygen atoms in total. The number of nitriles is 1. The van der Waals surface area contributed by atoms with Gasteiger partial charge >= 0.3 is 0 Å². The normalized spacial score (nSPS) is 18.4. The van der Waals surface area contributed by atoms with Crippen molar-refractivity contribution in [3.63, 3.8) is 0 Å². The van der Waals surface area contributed by atoms with Gasteiger partial charge in [0.15, 0.2) is 5.54 Å². The SMILES string of the molecule is CCOc1ccccc1C1(N2CCN(c3ccncc3)CC2)C(=O)N(S(=O)(=O)c2ccc(C)cc2OC)c2ccc(C#N)cc21. The standard InChI is InChI=1S/C34H33N5O5S/c1-4-44-30-8-6-5-7-27(30)34(38-19-17-37(18-20-38)26-13-15-36-16-14-26)28-22-25(23-35)10-11-29(28)39(33(34)40)45(41,42)32-12-9-24(2)21-31(32)43-3/h5-16,21-22H,4,17-20H2,1-3H3. The number of hydrogen-bond donors (Lipinski definition) is 0. The van der Waals surface area contributed by atoms with Crippen LogP contribution >= 0.6 is 0 Å². The summed E-state index contributed by atoms with van der Waals surface area (Å²) < 4.78 is 41.7. The molecule has 1 saturated heterocycles. The molecule has 0 aliphatic carbocycles. The third kappa shape index (κ3) is 4.87. The Morgan fingerprint density at radius 3 is 2.36 bits per heavy atom. The first-order chi connectivity index (χ1) is 21.8. The number of piperazine rings is 1. The molecule has 1 fully saturated rings. The van der Waals surface area contributed by atoms with Gasteiger partial charge in [-0.25, -0.2) is 12.7 Å². The molecule has 2 aliphatic rings. The molecule has 4 aromatic rings. The molecule has 0 N–H and O–H groups in total. The summed E-state index contributed by atoms with van der Waals surface area (Å²) in [5, 5.41) is 9.95. The van der Waals surface area contributed by atoms with E-state index in [1.165, 1.54) is 19.2 Å². The van der Waals surface area contributed by atoms with Gasteiger partial charge in [0.25, 0.3) is 15.9 Å². The lowest BCUT2D eigenvalue weighted by Gasteiger charge is -2.46. The molecule has 0 saturated carbocycles. The molecule has 1 unspecified atom stereocenters. The van der Waals surface area contributed by atoms with Crippen LogP contribution in [0.15, 0.2) is 90.1 Å². The van der Waals surface area contributed by atoms with Crippen molar-refractivity contribution in [2.75, 3.05) is 49.1 Å². The van der Waals surface area contributed by atoms with Crippen LogP contribution in [-0.2, 0) is 20.4 Å². The number of aryl methyl sites for hydroxylation is 1. The number of ether oxygens (including phenoxy) is 2. The number of hydrogen-bond acceptors (Lipinski definition) is 9. The van der Waals surface area contributed by atoms with Crippen molar-refractivity contribution in [1.29, 1.82) is 5.26 Å². The Kier molecular flexibility index (Phi) is 7.95. The molecule has 1 atom stereocenters. The molecule has 0 radical (unpaired) electrons. The first kappa shape index (κ1) is 30.1. The van der Waals surface area contributed by atoms with Crippen LogP contribution in [0.3, 0.4) is 0 Å². The molecule has 3 aromatic carbocycles. The van der Waals surface area contributed by atoms with Crippen molar-refractivity contribution in [3.05, 3.63) is 107 Å². The van der Waals surface area contributed by atoms with Gasteiger partial charge in [0.2, 0.25) is 0 Å². The van der Waals surface area contributed by atoms with E-state index in [9.17, 15) is 13.7 Å². The fourth-order valence-electron chi connectivity index (χ4n) is 6.41. The number of rotatable bonds is 8. The number of carbonyl (C=O) groups is 1. The number of fused-ring (bicyclic) bond motifs is 1. The van der Waals surface area contributed by atoms with Crippen LogP contribution in [0, 0.1) is 18.3 Å². The van der Waals surface area contributed by atoms with Gasteiger partial charge in [0.05, 0.1) is 31.0 Å². The second-order valence-corrected chi connectivity index (χ2v) is 12.6. The second-order valence-electron chi connectivity index (χ2n) is 10.9. The lowest BCUT2D eigenvalue weighted by atomic mass is 9.80. The smallest absolute Gasteiger partial charge is 0.274 e. The molecule has 6 rings (SSSR count). The minimum Gasteiger partial charge on any atom is -0.495 e. The van der Waals surface area contributed by atoms with Gasteiger partial charge in [0.1, 0.15) is 16.4 Å². The average Bonchev–Trinajstić information content (AvgIpc) is 3.33. The van der Waals surface area contributed by atoms with E-state index in [0.717, 1.165) is 15.6 Å². The predicted molar refractivity (Wildman–Crippen MR) is 170 cm³/mol. The van der Waals surface area contributed by atoms with E-state index in [1.54, 1.807) is 42.7 Å². The topological polar surface area (TPSA) is 116 Å². The molecule has 0 bridgehead atoms. The molecular formula is C34H33N5O5S. The van der Waals surface area contributed by atoms with E-state index in [4.69, 9.17) is 9.47 Å². The lowest BCUT2D eigenvalue weighted by Crippen LogP contribution is -2.60. The van der Waals surface area contributed by atoms with Crippen LogP contribution in [0.1, 0.15) is 29.2 Å². The van der Waals surface area contributed by atoms with Crippen LogP contribution in [0.25, 0.3) is 0 Å². The zero-order valence-electron chi connectivity index (χ0n) is 25.3. The van der Waals surface area contributed by atoms with E-state index >= 15 is 4.79 Å². The van der Waals surface area contributed by atoms with E-state index in [1.807, 2.05) is 49.1 Å². The molecular weight excluding hydrogens is 590 g/mol. The van der Waals surface area contributed by atoms with Gasteiger partial charge in [-0.15, -0.1) is 0 Å². The van der Waals surface area contributed by atoms with Gasteiger partial charge in [-0.2, -0.15) is 5.26 Å². The van der Waals surface area contributed by atoms with E-state index in [-0.39, 0.29) is 16.3 Å². The van der Waals surface area contributed by atoms with Crippen molar-refractivity contribution in [3.8, 4) is 17.6 Å². The van der Waals surface area contributed by atoms with Crippen LogP contribution < -0.4 is 18.7 Å². The molecule has 3 heterocycles. The number of benzene rings is 3. The molecule has 1 aromatic heterocycles. The first-order valence-corrected chi connectivity index (χ1v) is 16.1. The van der Waals surface area contributed by atoms with Crippen LogP contribution in [0.2, 0.25) is 0 Å². The number of carbonyl (C=O) groups excluding carboxylic acids is 1. The van der Waals surface area contributed by atoms with Crippen molar-refractivity contribution >= 4 is 27.3 Å². The first-order valence-electron chi connectivity index (χ1n) is 14.7. The maximum absolute atomic E-state index is 15.3. The Hall–Kier alpha value is -4.92. The number of amides is 1. The summed E-state index contributed by atoms with van der Waals surface area (Å²) in [6.45, 7) is 6.02. The van der Waals surface area contributed by atoms with Gasteiger partial charge in [-0.05, 0) is 67.9 Å². The zero-order valence-corrected chi connectivity index (χ0v) is 26.1. The Balaban J connectivity index is 1.59. The van der Waals surface area contributed by atoms with Crippen molar-refractivity contribution in [2.45, 2.75) is 24.3 Å². The summed E-state index contributed by atoms with van der Waals surface area (Å²) in [5.74, 6) is -0.0682. The van der Waals surface area contributed by atoms with Gasteiger partial charge in [0, 0.05) is 55.4 Å². The minimum absolute atomic E-state index is 0.129. The minimum atomic E-state index is -4.49.